The van der Waals surface area contributed by atoms with E-state index < -0.39 is 0 Å². The van der Waals surface area contributed by atoms with Gasteiger partial charge in [-0.2, -0.15) is 0 Å². The van der Waals surface area contributed by atoms with Gasteiger partial charge in [-0.05, 0) is 25.0 Å². The minimum atomic E-state index is 0.0723. The highest BCUT2D eigenvalue weighted by Crippen LogP contribution is 2.30. The zero-order valence-electron chi connectivity index (χ0n) is 14.1. The van der Waals surface area contributed by atoms with Crippen LogP contribution in [0.4, 0.5) is 16.2 Å². The topological polar surface area (TPSA) is 113 Å². The van der Waals surface area contributed by atoms with Crippen molar-refractivity contribution >= 4 is 28.3 Å². The highest BCUT2D eigenvalue weighted by atomic mass is 19.3. The van der Waals surface area contributed by atoms with E-state index in [-0.39, 0.29) is 17.3 Å². The lowest BCUT2D eigenvalue weighted by Gasteiger charge is -2.17. The fraction of sp³-hybridized carbons (Fsp3) is 0.278. The number of nitrogens with one attached hydrogen (secondary N) is 3. The maximum Gasteiger partial charge on any atom is 0.195 e. The number of halogens is 1. The number of nitrogens with two attached hydrogens (primary N) is 1. The molecule has 0 saturated heterocycles. The standard InChI is InChI=1S/C18H19FN6O/c19-26-13-7-3-4-10-8-12(25-16(10)13)15(20)14-17(21)22-9-23-18(14)24-11-5-1-2-6-11/h3-4,7-9,11,20,25H,1-2,5-6H2,(H3,21,22,23,24). The molecule has 4 rings (SSSR count). The maximum absolute atomic E-state index is 12.7. The number of hydrogen-bond acceptors (Lipinski definition) is 6. The Balaban J connectivity index is 1.74. The number of hydrogen-bond donors (Lipinski definition) is 4. The van der Waals surface area contributed by atoms with E-state index in [2.05, 4.69) is 25.2 Å². The van der Waals surface area contributed by atoms with Crippen molar-refractivity contribution in [1.29, 1.82) is 5.41 Å². The van der Waals surface area contributed by atoms with Crippen LogP contribution < -0.4 is 16.0 Å². The first kappa shape index (κ1) is 16.3. The molecule has 1 saturated carbocycles. The summed E-state index contributed by atoms with van der Waals surface area (Å²) >= 11 is 0. The second-order valence-electron chi connectivity index (χ2n) is 6.46. The maximum atomic E-state index is 12.7. The monoisotopic (exact) mass is 354 g/mol. The molecule has 5 N–H and O–H groups in total. The Morgan fingerprint density at radius 3 is 2.88 bits per heavy atom. The number of aromatic amines is 1. The molecule has 1 fully saturated rings. The first-order chi connectivity index (χ1) is 12.7. The molecule has 0 amide bonds. The van der Waals surface area contributed by atoms with Crippen LogP contribution in [0.25, 0.3) is 10.9 Å². The van der Waals surface area contributed by atoms with Gasteiger partial charge >= 0.3 is 0 Å². The van der Waals surface area contributed by atoms with E-state index in [0.29, 0.717) is 28.6 Å². The predicted octanol–water partition coefficient (Wildman–Crippen LogP) is 3.57. The fourth-order valence-corrected chi connectivity index (χ4v) is 3.48. The molecular weight excluding hydrogens is 335 g/mol. The lowest BCUT2D eigenvalue weighted by molar-refractivity contribution is -0.00444. The number of fused-ring (bicyclic) bond motifs is 1. The molecule has 134 valence electrons. The second kappa shape index (κ2) is 6.62. The summed E-state index contributed by atoms with van der Waals surface area (Å²) in [6.45, 7) is 0. The van der Waals surface area contributed by atoms with Crippen molar-refractivity contribution in [2.24, 2.45) is 0 Å². The first-order valence-electron chi connectivity index (χ1n) is 8.54. The molecule has 2 heterocycles. The summed E-state index contributed by atoms with van der Waals surface area (Å²) in [6.07, 6.45) is 5.89. The highest BCUT2D eigenvalue weighted by Gasteiger charge is 2.22. The van der Waals surface area contributed by atoms with Crippen LogP contribution >= 0.6 is 0 Å². The van der Waals surface area contributed by atoms with Gasteiger partial charge in [0.2, 0.25) is 0 Å². The Hall–Kier alpha value is -3.16. The van der Waals surface area contributed by atoms with E-state index >= 15 is 0 Å². The van der Waals surface area contributed by atoms with Crippen molar-refractivity contribution in [3.8, 4) is 5.75 Å². The molecule has 0 atom stereocenters. The average Bonchev–Trinajstić information content (AvgIpc) is 3.30. The Bertz CT molecular complexity index is 963. The zero-order valence-corrected chi connectivity index (χ0v) is 14.1. The molecular formula is C18H19FN6O. The van der Waals surface area contributed by atoms with Crippen molar-refractivity contribution in [3.05, 3.63) is 41.9 Å². The summed E-state index contributed by atoms with van der Waals surface area (Å²) in [5, 5.41) is 12.7. The number of nitrogens with zero attached hydrogens (tertiary/aromatic N) is 2. The molecule has 8 heteroatoms. The summed E-state index contributed by atoms with van der Waals surface area (Å²) in [5.74, 6) is 0.851. The molecule has 0 aliphatic heterocycles. The third-order valence-corrected chi connectivity index (χ3v) is 4.79. The summed E-state index contributed by atoms with van der Waals surface area (Å²) in [5.41, 5.74) is 7.60. The quantitative estimate of drug-likeness (QED) is 0.523. The van der Waals surface area contributed by atoms with Gasteiger partial charge in [0.15, 0.2) is 5.75 Å². The molecule has 0 radical (unpaired) electrons. The van der Waals surface area contributed by atoms with Crippen LogP contribution in [-0.2, 0) is 0 Å². The Kier molecular flexibility index (Phi) is 4.16. The SMILES string of the molecule is N=C(c1cc2cccc(OF)c2[nH]1)c1c(N)ncnc1NC1CCCC1. The van der Waals surface area contributed by atoms with E-state index in [1.807, 2.05) is 6.07 Å². The Morgan fingerprint density at radius 2 is 2.12 bits per heavy atom. The molecule has 0 bridgehead atoms. The number of para-hydroxylation sites is 1. The van der Waals surface area contributed by atoms with Crippen molar-refractivity contribution in [3.63, 3.8) is 0 Å². The van der Waals surface area contributed by atoms with E-state index in [1.165, 1.54) is 25.2 Å². The van der Waals surface area contributed by atoms with Gasteiger partial charge in [-0.3, -0.25) is 10.4 Å². The molecule has 1 aromatic carbocycles. The molecule has 1 aliphatic carbocycles. The fourth-order valence-electron chi connectivity index (χ4n) is 3.48. The highest BCUT2D eigenvalue weighted by molar-refractivity contribution is 6.17. The Labute approximate surface area is 149 Å². The van der Waals surface area contributed by atoms with Crippen LogP contribution in [0.5, 0.6) is 5.75 Å². The van der Waals surface area contributed by atoms with Gasteiger partial charge < -0.3 is 16.0 Å². The van der Waals surface area contributed by atoms with E-state index in [9.17, 15) is 4.53 Å². The normalized spacial score (nSPS) is 14.7. The smallest absolute Gasteiger partial charge is 0.195 e. The van der Waals surface area contributed by atoms with Crippen molar-refractivity contribution in [2.75, 3.05) is 11.1 Å². The molecule has 2 aromatic heterocycles. The molecule has 0 unspecified atom stereocenters. The van der Waals surface area contributed by atoms with Crippen LogP contribution in [0, 0.1) is 5.41 Å². The minimum absolute atomic E-state index is 0.0723. The Morgan fingerprint density at radius 1 is 1.31 bits per heavy atom. The van der Waals surface area contributed by atoms with Crippen LogP contribution in [0.3, 0.4) is 0 Å². The van der Waals surface area contributed by atoms with Gasteiger partial charge in [0.25, 0.3) is 0 Å². The largest absolute Gasteiger partial charge is 0.383 e. The molecule has 26 heavy (non-hydrogen) atoms. The molecule has 0 spiro atoms. The van der Waals surface area contributed by atoms with Crippen LogP contribution in [-0.4, -0.2) is 26.7 Å². The summed E-state index contributed by atoms with van der Waals surface area (Å²) in [7, 11) is 0. The van der Waals surface area contributed by atoms with Gasteiger partial charge in [0.05, 0.1) is 22.5 Å². The molecule has 7 nitrogen and oxygen atoms in total. The van der Waals surface area contributed by atoms with Crippen LogP contribution in [0.2, 0.25) is 0 Å². The van der Waals surface area contributed by atoms with E-state index in [4.69, 9.17) is 11.1 Å². The number of aromatic nitrogens is 3. The van der Waals surface area contributed by atoms with E-state index in [0.717, 1.165) is 18.2 Å². The number of H-pyrrole nitrogens is 1. The third-order valence-electron chi connectivity index (χ3n) is 4.79. The van der Waals surface area contributed by atoms with Gasteiger partial charge in [-0.15, -0.1) is 0 Å². The average molecular weight is 354 g/mol. The van der Waals surface area contributed by atoms with Crippen LogP contribution in [0.15, 0.2) is 30.6 Å². The van der Waals surface area contributed by atoms with Crippen molar-refractivity contribution in [1.82, 2.24) is 15.0 Å². The lowest BCUT2D eigenvalue weighted by Crippen LogP contribution is -2.20. The lowest BCUT2D eigenvalue weighted by atomic mass is 10.1. The third kappa shape index (κ3) is 2.83. The number of rotatable bonds is 5. The summed E-state index contributed by atoms with van der Waals surface area (Å²) in [6, 6.07) is 7.09. The number of benzene rings is 1. The van der Waals surface area contributed by atoms with Crippen LogP contribution in [0.1, 0.15) is 36.9 Å². The van der Waals surface area contributed by atoms with E-state index in [1.54, 1.807) is 12.1 Å². The summed E-state index contributed by atoms with van der Waals surface area (Å²) < 4.78 is 12.7. The van der Waals surface area contributed by atoms with Crippen molar-refractivity contribution in [2.45, 2.75) is 31.7 Å². The first-order valence-corrected chi connectivity index (χ1v) is 8.54. The van der Waals surface area contributed by atoms with Crippen molar-refractivity contribution < 1.29 is 9.47 Å². The summed E-state index contributed by atoms with van der Waals surface area (Å²) in [4.78, 5) is 15.3. The van der Waals surface area contributed by atoms with Gasteiger partial charge in [0.1, 0.15) is 18.0 Å². The molecule has 3 aromatic rings. The zero-order chi connectivity index (χ0) is 18.1. The number of nitrogen functional groups attached to an aromatic ring is 1. The van der Waals surface area contributed by atoms with Gasteiger partial charge in [-0.1, -0.05) is 25.0 Å². The second-order valence-corrected chi connectivity index (χ2v) is 6.46. The number of anilines is 2. The molecule has 1 aliphatic rings. The van der Waals surface area contributed by atoms with Gasteiger partial charge in [-0.25, -0.2) is 9.97 Å². The predicted molar refractivity (Wildman–Crippen MR) is 98.3 cm³/mol. The van der Waals surface area contributed by atoms with Gasteiger partial charge in [0, 0.05) is 16.0 Å². The minimum Gasteiger partial charge on any atom is -0.383 e.